The van der Waals surface area contributed by atoms with Gasteiger partial charge in [-0.15, -0.1) is 11.6 Å². The molecule has 0 saturated carbocycles. The molecule has 2 rings (SSSR count). The zero-order valence-corrected chi connectivity index (χ0v) is 8.93. The zero-order chi connectivity index (χ0) is 10.8. The minimum absolute atomic E-state index is 0.305. The molecule has 0 radical (unpaired) electrons. The molecule has 1 N–H and O–H groups in total. The number of methoxy groups -OCH3 is 1. The largest absolute Gasteiger partial charge is 0.497 e. The van der Waals surface area contributed by atoms with Crippen LogP contribution in [0, 0.1) is 11.3 Å². The molecule has 3 nitrogen and oxygen atoms in total. The molecule has 0 atom stereocenters. The monoisotopic (exact) mass is 220 g/mol. The summed E-state index contributed by atoms with van der Waals surface area (Å²) in [6, 6.07) is 7.69. The van der Waals surface area contributed by atoms with Crippen molar-refractivity contribution in [2.24, 2.45) is 0 Å². The van der Waals surface area contributed by atoms with Crippen molar-refractivity contribution in [1.29, 1.82) is 5.26 Å². The van der Waals surface area contributed by atoms with Gasteiger partial charge in [0.1, 0.15) is 11.8 Å². The summed E-state index contributed by atoms with van der Waals surface area (Å²) in [4.78, 5) is 3.11. The van der Waals surface area contributed by atoms with Gasteiger partial charge in [-0.2, -0.15) is 5.26 Å². The number of benzene rings is 1. The predicted molar refractivity (Wildman–Crippen MR) is 59.1 cm³/mol. The van der Waals surface area contributed by atoms with Gasteiger partial charge in [0.05, 0.1) is 24.1 Å². The lowest BCUT2D eigenvalue weighted by Gasteiger charge is -1.97. The van der Waals surface area contributed by atoms with Gasteiger partial charge in [0.15, 0.2) is 0 Å². The molecule has 1 heterocycles. The Kier molecular flexibility index (Phi) is 2.53. The summed E-state index contributed by atoms with van der Waals surface area (Å²) in [6.07, 6.45) is 0. The van der Waals surface area contributed by atoms with Crippen LogP contribution in [0.1, 0.15) is 11.3 Å². The Bertz CT molecular complexity index is 539. The molecular formula is C11H9ClN2O. The first-order chi connectivity index (χ1) is 7.30. The highest BCUT2D eigenvalue weighted by atomic mass is 35.5. The number of alkyl halides is 1. The smallest absolute Gasteiger partial charge is 0.120 e. The van der Waals surface area contributed by atoms with Crippen molar-refractivity contribution in [2.45, 2.75) is 5.88 Å². The van der Waals surface area contributed by atoms with E-state index in [1.807, 2.05) is 18.2 Å². The minimum Gasteiger partial charge on any atom is -0.497 e. The number of halogens is 1. The van der Waals surface area contributed by atoms with Crippen molar-refractivity contribution >= 4 is 22.5 Å². The summed E-state index contributed by atoms with van der Waals surface area (Å²) in [5.74, 6) is 1.06. The van der Waals surface area contributed by atoms with E-state index in [9.17, 15) is 0 Å². The fourth-order valence-corrected chi connectivity index (χ4v) is 1.79. The van der Waals surface area contributed by atoms with Gasteiger partial charge in [-0.1, -0.05) is 0 Å². The number of hydrogen-bond donors (Lipinski definition) is 1. The number of ether oxygens (including phenoxy) is 1. The van der Waals surface area contributed by atoms with Crippen molar-refractivity contribution in [3.05, 3.63) is 29.5 Å². The Labute approximate surface area is 92.2 Å². The summed E-state index contributed by atoms with van der Waals surface area (Å²) >= 11 is 5.74. The van der Waals surface area contributed by atoms with Crippen LogP contribution in [0.4, 0.5) is 0 Å². The number of fused-ring (bicyclic) bond motifs is 1. The topological polar surface area (TPSA) is 48.8 Å². The summed E-state index contributed by atoms with van der Waals surface area (Å²) in [6.45, 7) is 0. The third kappa shape index (κ3) is 1.53. The average Bonchev–Trinajstić information content (AvgIpc) is 2.65. The average molecular weight is 221 g/mol. The molecule has 15 heavy (non-hydrogen) atoms. The molecule has 0 aliphatic heterocycles. The molecule has 1 aromatic heterocycles. The van der Waals surface area contributed by atoms with Gasteiger partial charge in [-0.25, -0.2) is 0 Å². The van der Waals surface area contributed by atoms with E-state index in [2.05, 4.69) is 11.1 Å². The first-order valence-electron chi connectivity index (χ1n) is 4.44. The highest BCUT2D eigenvalue weighted by Gasteiger charge is 2.10. The van der Waals surface area contributed by atoms with Crippen LogP contribution in [0.3, 0.4) is 0 Å². The van der Waals surface area contributed by atoms with Gasteiger partial charge in [0, 0.05) is 17.1 Å². The third-order valence-corrected chi connectivity index (χ3v) is 2.60. The molecule has 1 aromatic carbocycles. The molecule has 0 saturated heterocycles. The molecule has 0 aliphatic rings. The molecule has 0 spiro atoms. The summed E-state index contributed by atoms with van der Waals surface area (Å²) in [7, 11) is 1.61. The number of hydrogen-bond acceptors (Lipinski definition) is 2. The van der Waals surface area contributed by atoms with E-state index in [1.54, 1.807) is 7.11 Å². The molecule has 76 valence electrons. The van der Waals surface area contributed by atoms with Crippen molar-refractivity contribution in [1.82, 2.24) is 4.98 Å². The maximum absolute atomic E-state index is 9.00. The van der Waals surface area contributed by atoms with Crippen LogP contribution >= 0.6 is 11.6 Å². The van der Waals surface area contributed by atoms with Gasteiger partial charge in [0.2, 0.25) is 0 Å². The van der Waals surface area contributed by atoms with Crippen LogP contribution in [0.5, 0.6) is 5.75 Å². The summed E-state index contributed by atoms with van der Waals surface area (Å²) < 4.78 is 5.10. The van der Waals surface area contributed by atoms with Crippen LogP contribution in [0.15, 0.2) is 18.2 Å². The first kappa shape index (κ1) is 9.88. The Balaban J connectivity index is 2.72. The van der Waals surface area contributed by atoms with Crippen LogP contribution in [-0.2, 0) is 5.88 Å². The fraction of sp³-hybridized carbons (Fsp3) is 0.182. The van der Waals surface area contributed by atoms with E-state index in [4.69, 9.17) is 21.6 Å². The molecule has 4 heteroatoms. The number of aromatic amines is 1. The molecule has 0 fully saturated rings. The zero-order valence-electron chi connectivity index (χ0n) is 8.17. The predicted octanol–water partition coefficient (Wildman–Crippen LogP) is 2.79. The lowest BCUT2D eigenvalue weighted by atomic mass is 10.1. The summed E-state index contributed by atoms with van der Waals surface area (Å²) in [5.41, 5.74) is 2.24. The Morgan fingerprint density at radius 2 is 2.33 bits per heavy atom. The van der Waals surface area contributed by atoms with Crippen LogP contribution in [0.25, 0.3) is 10.9 Å². The number of aromatic nitrogens is 1. The molecule has 0 bridgehead atoms. The van der Waals surface area contributed by atoms with Crippen molar-refractivity contribution in [2.75, 3.05) is 7.11 Å². The highest BCUT2D eigenvalue weighted by Crippen LogP contribution is 2.26. The standard InChI is InChI=1S/C11H9ClN2O/c1-15-7-2-3-8-9(6-13)11(5-12)14-10(8)4-7/h2-4,14H,5H2,1H3. The normalized spacial score (nSPS) is 10.2. The SMILES string of the molecule is COc1ccc2c(C#N)c(CCl)[nH]c2c1. The Hall–Kier alpha value is -1.66. The van der Waals surface area contributed by atoms with Gasteiger partial charge < -0.3 is 9.72 Å². The van der Waals surface area contributed by atoms with Gasteiger partial charge in [-0.05, 0) is 12.1 Å². The second-order valence-corrected chi connectivity index (χ2v) is 3.40. The number of rotatable bonds is 2. The Morgan fingerprint density at radius 1 is 1.53 bits per heavy atom. The van der Waals surface area contributed by atoms with E-state index in [0.29, 0.717) is 11.4 Å². The maximum atomic E-state index is 9.00. The lowest BCUT2D eigenvalue weighted by molar-refractivity contribution is 0.415. The van der Waals surface area contributed by atoms with E-state index in [-0.39, 0.29) is 0 Å². The number of nitriles is 1. The highest BCUT2D eigenvalue weighted by molar-refractivity contribution is 6.17. The van der Waals surface area contributed by atoms with Gasteiger partial charge in [-0.3, -0.25) is 0 Å². The van der Waals surface area contributed by atoms with E-state index >= 15 is 0 Å². The van der Waals surface area contributed by atoms with Gasteiger partial charge in [0.25, 0.3) is 0 Å². The van der Waals surface area contributed by atoms with Crippen LogP contribution in [-0.4, -0.2) is 12.1 Å². The fourth-order valence-electron chi connectivity index (χ4n) is 1.59. The van der Waals surface area contributed by atoms with Crippen molar-refractivity contribution in [3.63, 3.8) is 0 Å². The molecule has 0 unspecified atom stereocenters. The quantitative estimate of drug-likeness (QED) is 0.792. The first-order valence-corrected chi connectivity index (χ1v) is 4.98. The molecular weight excluding hydrogens is 212 g/mol. The third-order valence-electron chi connectivity index (χ3n) is 2.33. The van der Waals surface area contributed by atoms with Crippen LogP contribution < -0.4 is 4.74 Å². The number of H-pyrrole nitrogens is 1. The minimum atomic E-state index is 0.305. The molecule has 2 aromatic rings. The molecule has 0 amide bonds. The summed E-state index contributed by atoms with van der Waals surface area (Å²) in [5, 5.41) is 9.89. The van der Waals surface area contributed by atoms with Crippen LogP contribution in [0.2, 0.25) is 0 Å². The molecule has 0 aliphatic carbocycles. The second kappa shape index (κ2) is 3.84. The van der Waals surface area contributed by atoms with E-state index in [1.165, 1.54) is 0 Å². The lowest BCUT2D eigenvalue weighted by Crippen LogP contribution is -1.81. The van der Waals surface area contributed by atoms with E-state index in [0.717, 1.165) is 22.3 Å². The number of nitrogens with one attached hydrogen (secondary N) is 1. The van der Waals surface area contributed by atoms with Crippen molar-refractivity contribution in [3.8, 4) is 11.8 Å². The van der Waals surface area contributed by atoms with Crippen molar-refractivity contribution < 1.29 is 4.74 Å². The van der Waals surface area contributed by atoms with Gasteiger partial charge >= 0.3 is 0 Å². The second-order valence-electron chi connectivity index (χ2n) is 3.14. The maximum Gasteiger partial charge on any atom is 0.120 e. The van der Waals surface area contributed by atoms with E-state index < -0.39 is 0 Å². The number of nitrogens with zero attached hydrogens (tertiary/aromatic N) is 1. The Morgan fingerprint density at radius 3 is 2.93 bits per heavy atom.